The number of nitrogen functional groups attached to an aromatic ring is 1. The van der Waals surface area contributed by atoms with Crippen LogP contribution in [0.5, 0.6) is 0 Å². The van der Waals surface area contributed by atoms with Crippen molar-refractivity contribution >= 4 is 39.9 Å². The van der Waals surface area contributed by atoms with Crippen molar-refractivity contribution in [2.45, 2.75) is 6.92 Å². The molecule has 0 fully saturated rings. The van der Waals surface area contributed by atoms with E-state index in [1.807, 2.05) is 19.1 Å². The van der Waals surface area contributed by atoms with Crippen molar-refractivity contribution in [1.29, 1.82) is 0 Å². The van der Waals surface area contributed by atoms with Crippen LogP contribution >= 0.6 is 34.2 Å². The number of rotatable bonds is 0. The summed E-state index contributed by atoms with van der Waals surface area (Å²) < 4.78 is 1.00. The van der Waals surface area contributed by atoms with E-state index in [1.165, 1.54) is 0 Å². The highest BCUT2D eigenvalue weighted by molar-refractivity contribution is 14.1. The summed E-state index contributed by atoms with van der Waals surface area (Å²) >= 11 is 7.98. The molecule has 1 nitrogen and oxygen atoms in total. The molecule has 0 saturated carbocycles. The van der Waals surface area contributed by atoms with E-state index in [4.69, 9.17) is 17.3 Å². The van der Waals surface area contributed by atoms with E-state index in [0.717, 1.165) is 19.8 Å². The lowest BCUT2D eigenvalue weighted by molar-refractivity contribution is 1.45. The van der Waals surface area contributed by atoms with Gasteiger partial charge in [0.05, 0.1) is 5.02 Å². The molecule has 0 saturated heterocycles. The monoisotopic (exact) mass is 267 g/mol. The van der Waals surface area contributed by atoms with Crippen LogP contribution in [0.15, 0.2) is 12.1 Å². The Morgan fingerprint density at radius 2 is 2.10 bits per heavy atom. The summed E-state index contributed by atoms with van der Waals surface area (Å²) in [4.78, 5) is 0. The highest BCUT2D eigenvalue weighted by atomic mass is 127. The van der Waals surface area contributed by atoms with E-state index >= 15 is 0 Å². The molecule has 0 radical (unpaired) electrons. The van der Waals surface area contributed by atoms with Crippen LogP contribution in [0.2, 0.25) is 5.02 Å². The largest absolute Gasteiger partial charge is 0.398 e. The molecular weight excluding hydrogens is 260 g/mol. The Bertz CT molecular complexity index is 210. The van der Waals surface area contributed by atoms with Gasteiger partial charge in [-0.15, -0.1) is 0 Å². The zero-order valence-electron chi connectivity index (χ0n) is 5.49. The number of benzene rings is 1. The van der Waals surface area contributed by atoms with Gasteiger partial charge in [-0.3, -0.25) is 0 Å². The molecule has 0 aliphatic rings. The maximum Gasteiger partial charge on any atom is 0.0543 e. The van der Waals surface area contributed by atoms with Crippen LogP contribution in [0, 0.1) is 10.5 Å². The molecule has 0 spiro atoms. The minimum atomic E-state index is 0.771. The van der Waals surface area contributed by atoms with Gasteiger partial charge in [-0.05, 0) is 47.2 Å². The van der Waals surface area contributed by atoms with E-state index in [0.29, 0.717) is 0 Å². The maximum atomic E-state index is 5.82. The topological polar surface area (TPSA) is 26.0 Å². The van der Waals surface area contributed by atoms with Gasteiger partial charge in [-0.1, -0.05) is 11.6 Å². The molecule has 0 atom stereocenters. The van der Waals surface area contributed by atoms with Crippen LogP contribution in [0.4, 0.5) is 5.69 Å². The molecule has 0 bridgehead atoms. The van der Waals surface area contributed by atoms with Gasteiger partial charge in [0.15, 0.2) is 0 Å². The number of halogens is 2. The van der Waals surface area contributed by atoms with E-state index in [9.17, 15) is 0 Å². The first-order chi connectivity index (χ1) is 4.61. The van der Waals surface area contributed by atoms with Crippen LogP contribution in [0.1, 0.15) is 5.56 Å². The summed E-state index contributed by atoms with van der Waals surface area (Å²) in [6.45, 7) is 1.94. The van der Waals surface area contributed by atoms with E-state index in [2.05, 4.69) is 22.6 Å². The normalized spacial score (nSPS) is 9.90. The van der Waals surface area contributed by atoms with E-state index in [1.54, 1.807) is 0 Å². The molecule has 0 amide bonds. The van der Waals surface area contributed by atoms with Gasteiger partial charge in [-0.25, -0.2) is 0 Å². The highest BCUT2D eigenvalue weighted by Crippen LogP contribution is 2.23. The number of nitrogens with two attached hydrogens (primary N) is 1. The molecule has 54 valence electrons. The van der Waals surface area contributed by atoms with E-state index in [-0.39, 0.29) is 0 Å². The number of hydrogen-bond acceptors (Lipinski definition) is 1. The van der Waals surface area contributed by atoms with Crippen molar-refractivity contribution in [2.24, 2.45) is 0 Å². The molecule has 0 aromatic heterocycles. The third-order valence-electron chi connectivity index (χ3n) is 1.31. The van der Waals surface area contributed by atoms with Gasteiger partial charge in [0.25, 0.3) is 0 Å². The van der Waals surface area contributed by atoms with Crippen LogP contribution in [-0.2, 0) is 0 Å². The van der Waals surface area contributed by atoms with Crippen molar-refractivity contribution < 1.29 is 0 Å². The van der Waals surface area contributed by atoms with Crippen LogP contribution in [0.25, 0.3) is 0 Å². The SMILES string of the molecule is Cc1cc(Cl)c(I)cc1N. The van der Waals surface area contributed by atoms with Crippen LogP contribution < -0.4 is 5.73 Å². The fraction of sp³-hybridized carbons (Fsp3) is 0.143. The Kier molecular flexibility index (Phi) is 2.41. The second-order valence-corrected chi connectivity index (χ2v) is 3.69. The maximum absolute atomic E-state index is 5.82. The fourth-order valence-electron chi connectivity index (χ4n) is 0.662. The van der Waals surface area contributed by atoms with Gasteiger partial charge in [0, 0.05) is 9.26 Å². The minimum absolute atomic E-state index is 0.771. The molecule has 0 aliphatic carbocycles. The summed E-state index contributed by atoms with van der Waals surface area (Å²) in [6, 6.07) is 3.75. The second kappa shape index (κ2) is 2.96. The van der Waals surface area contributed by atoms with Gasteiger partial charge < -0.3 is 5.73 Å². The minimum Gasteiger partial charge on any atom is -0.398 e. The molecule has 3 heteroatoms. The Hall–Kier alpha value is 0.0400. The standard InChI is InChI=1S/C7H7ClIN/c1-4-2-5(8)6(9)3-7(4)10/h2-3H,10H2,1H3. The summed E-state index contributed by atoms with van der Waals surface area (Å²) in [5, 5.41) is 0.771. The first-order valence-corrected chi connectivity index (χ1v) is 4.28. The summed E-state index contributed by atoms with van der Waals surface area (Å²) in [5.41, 5.74) is 7.46. The van der Waals surface area contributed by atoms with Gasteiger partial charge in [-0.2, -0.15) is 0 Å². The second-order valence-electron chi connectivity index (χ2n) is 2.12. The zero-order valence-corrected chi connectivity index (χ0v) is 8.40. The average Bonchev–Trinajstić information content (AvgIpc) is 1.84. The van der Waals surface area contributed by atoms with Crippen LogP contribution in [-0.4, -0.2) is 0 Å². The van der Waals surface area contributed by atoms with Crippen molar-refractivity contribution in [1.82, 2.24) is 0 Å². The summed E-state index contributed by atoms with van der Waals surface area (Å²) in [7, 11) is 0. The van der Waals surface area contributed by atoms with Crippen LogP contribution in [0.3, 0.4) is 0 Å². The average molecular weight is 267 g/mol. The van der Waals surface area contributed by atoms with Crippen molar-refractivity contribution in [2.75, 3.05) is 5.73 Å². The molecule has 0 unspecified atom stereocenters. The third-order valence-corrected chi connectivity index (χ3v) is 2.83. The third kappa shape index (κ3) is 1.55. The highest BCUT2D eigenvalue weighted by Gasteiger charge is 1.99. The molecule has 1 aromatic rings. The molecule has 1 aromatic carbocycles. The quantitative estimate of drug-likeness (QED) is 0.568. The lowest BCUT2D eigenvalue weighted by Crippen LogP contribution is -1.90. The summed E-state index contributed by atoms with van der Waals surface area (Å²) in [5.74, 6) is 0. The Balaban J connectivity index is 3.28. The Morgan fingerprint density at radius 1 is 1.50 bits per heavy atom. The smallest absolute Gasteiger partial charge is 0.0543 e. The number of hydrogen-bond donors (Lipinski definition) is 1. The predicted octanol–water partition coefficient (Wildman–Crippen LogP) is 2.84. The molecule has 0 heterocycles. The lowest BCUT2D eigenvalue weighted by Gasteiger charge is -2.01. The first kappa shape index (κ1) is 8.14. The van der Waals surface area contributed by atoms with E-state index < -0.39 is 0 Å². The molecule has 0 aliphatic heterocycles. The van der Waals surface area contributed by atoms with Gasteiger partial charge >= 0.3 is 0 Å². The van der Waals surface area contributed by atoms with Gasteiger partial charge in [0.2, 0.25) is 0 Å². The Labute approximate surface area is 78.7 Å². The molecule has 2 N–H and O–H groups in total. The lowest BCUT2D eigenvalue weighted by atomic mass is 10.2. The van der Waals surface area contributed by atoms with Gasteiger partial charge in [0.1, 0.15) is 0 Å². The zero-order chi connectivity index (χ0) is 7.72. The van der Waals surface area contributed by atoms with Crippen molar-refractivity contribution in [3.05, 3.63) is 26.3 Å². The van der Waals surface area contributed by atoms with Crippen molar-refractivity contribution in [3.63, 3.8) is 0 Å². The summed E-state index contributed by atoms with van der Waals surface area (Å²) in [6.07, 6.45) is 0. The Morgan fingerprint density at radius 3 is 2.60 bits per heavy atom. The first-order valence-electron chi connectivity index (χ1n) is 2.82. The molecule has 10 heavy (non-hydrogen) atoms. The molecular formula is C7H7ClIN. The number of aryl methyl sites for hydroxylation is 1. The van der Waals surface area contributed by atoms with Crippen molar-refractivity contribution in [3.8, 4) is 0 Å². The number of anilines is 1. The fourth-order valence-corrected chi connectivity index (χ4v) is 1.37. The molecule has 1 rings (SSSR count). The predicted molar refractivity (Wildman–Crippen MR) is 53.3 cm³/mol.